The van der Waals surface area contributed by atoms with Gasteiger partial charge in [-0.1, -0.05) is 20.3 Å². The first-order valence-corrected chi connectivity index (χ1v) is 8.35. The highest BCUT2D eigenvalue weighted by Gasteiger charge is 2.33. The first kappa shape index (κ1) is 18.9. The Balaban J connectivity index is 2.34. The fraction of sp³-hybridized carbons (Fsp3) is 0.647. The highest BCUT2D eigenvalue weighted by atomic mass is 19.4. The summed E-state index contributed by atoms with van der Waals surface area (Å²) in [6, 6.07) is 3.61. The van der Waals surface area contributed by atoms with E-state index in [4.69, 9.17) is 0 Å². The molecule has 0 aliphatic carbocycles. The van der Waals surface area contributed by atoms with Crippen molar-refractivity contribution in [3.63, 3.8) is 0 Å². The molecule has 0 amide bonds. The average molecular weight is 346 g/mol. The van der Waals surface area contributed by atoms with E-state index in [1.54, 1.807) is 0 Å². The van der Waals surface area contributed by atoms with Crippen LogP contribution in [0.2, 0.25) is 0 Å². The third-order valence-electron chi connectivity index (χ3n) is 4.38. The molecule has 1 aromatic carbocycles. The Kier molecular flexibility index (Phi) is 6.34. The second-order valence-electron chi connectivity index (χ2n) is 6.27. The second kappa shape index (κ2) is 8.07. The number of phenolic OH excluding ortho intramolecular Hbond substituents is 1. The monoisotopic (exact) mass is 346 g/mol. The number of phenols is 1. The van der Waals surface area contributed by atoms with Gasteiger partial charge in [0.15, 0.2) is 0 Å². The van der Waals surface area contributed by atoms with E-state index in [1.165, 1.54) is 12.1 Å². The van der Waals surface area contributed by atoms with E-state index in [1.807, 2.05) is 0 Å². The number of ether oxygens (including phenoxy) is 1. The fourth-order valence-electron chi connectivity index (χ4n) is 3.40. The molecule has 0 radical (unpaired) electrons. The number of rotatable bonds is 6. The summed E-state index contributed by atoms with van der Waals surface area (Å²) in [7, 11) is 0. The molecule has 2 N–H and O–H groups in total. The van der Waals surface area contributed by atoms with Crippen molar-refractivity contribution in [3.05, 3.63) is 23.8 Å². The predicted molar refractivity (Wildman–Crippen MR) is 86.0 cm³/mol. The molecule has 4 nitrogen and oxygen atoms in total. The third kappa shape index (κ3) is 5.01. The van der Waals surface area contributed by atoms with Crippen molar-refractivity contribution in [2.75, 3.05) is 26.2 Å². The SMILES string of the molecule is CCCC(C)[C@@H](c1cc(OC(F)(F)F)ccc1O)N1CCNCC1. The number of nitrogens with zero attached hydrogens (tertiary/aromatic N) is 1. The van der Waals surface area contributed by atoms with Gasteiger partial charge in [-0.3, -0.25) is 4.90 Å². The summed E-state index contributed by atoms with van der Waals surface area (Å²) in [6.07, 6.45) is -2.84. The van der Waals surface area contributed by atoms with Gasteiger partial charge >= 0.3 is 6.36 Å². The van der Waals surface area contributed by atoms with Crippen molar-refractivity contribution < 1.29 is 23.0 Å². The van der Waals surface area contributed by atoms with Crippen LogP contribution in [0.5, 0.6) is 11.5 Å². The van der Waals surface area contributed by atoms with Crippen molar-refractivity contribution in [1.29, 1.82) is 0 Å². The summed E-state index contributed by atoms with van der Waals surface area (Å²) >= 11 is 0. The first-order valence-electron chi connectivity index (χ1n) is 8.35. The van der Waals surface area contributed by atoms with E-state index in [2.05, 4.69) is 28.8 Å². The van der Waals surface area contributed by atoms with Crippen molar-refractivity contribution in [2.45, 2.75) is 39.1 Å². The molecule has 2 atom stereocenters. The maximum Gasteiger partial charge on any atom is 0.573 e. The summed E-state index contributed by atoms with van der Waals surface area (Å²) in [4.78, 5) is 2.23. The van der Waals surface area contributed by atoms with Crippen molar-refractivity contribution in [3.8, 4) is 11.5 Å². The second-order valence-corrected chi connectivity index (χ2v) is 6.27. The number of benzene rings is 1. The number of halogens is 3. The van der Waals surface area contributed by atoms with Gasteiger partial charge in [0.25, 0.3) is 0 Å². The Bertz CT molecular complexity index is 531. The molecule has 1 heterocycles. The van der Waals surface area contributed by atoms with Gasteiger partial charge in [0.2, 0.25) is 0 Å². The summed E-state index contributed by atoms with van der Waals surface area (Å²) in [5.41, 5.74) is 0.500. The van der Waals surface area contributed by atoms with Gasteiger partial charge in [-0.15, -0.1) is 13.2 Å². The van der Waals surface area contributed by atoms with Gasteiger partial charge in [0.05, 0.1) is 0 Å². The Morgan fingerprint density at radius 2 is 1.96 bits per heavy atom. The van der Waals surface area contributed by atoms with E-state index < -0.39 is 6.36 Å². The molecule has 0 bridgehead atoms. The zero-order valence-electron chi connectivity index (χ0n) is 14.1. The topological polar surface area (TPSA) is 44.7 Å². The summed E-state index contributed by atoms with van der Waals surface area (Å²) in [5, 5.41) is 13.5. The molecule has 0 saturated carbocycles. The lowest BCUT2D eigenvalue weighted by Crippen LogP contribution is -2.46. The van der Waals surface area contributed by atoms with Gasteiger partial charge in [-0.25, -0.2) is 0 Å². The summed E-state index contributed by atoms with van der Waals surface area (Å²) in [5.74, 6) is -0.0738. The van der Waals surface area contributed by atoms with Crippen LogP contribution in [0.25, 0.3) is 0 Å². The van der Waals surface area contributed by atoms with Crippen molar-refractivity contribution in [1.82, 2.24) is 10.2 Å². The maximum atomic E-state index is 12.5. The number of hydrogen-bond acceptors (Lipinski definition) is 4. The van der Waals surface area contributed by atoms with Crippen LogP contribution in [0.3, 0.4) is 0 Å². The Morgan fingerprint density at radius 1 is 1.29 bits per heavy atom. The minimum Gasteiger partial charge on any atom is -0.508 e. The van der Waals surface area contributed by atoms with E-state index >= 15 is 0 Å². The van der Waals surface area contributed by atoms with Crippen LogP contribution in [0.4, 0.5) is 13.2 Å². The van der Waals surface area contributed by atoms with Crippen LogP contribution in [-0.4, -0.2) is 42.5 Å². The van der Waals surface area contributed by atoms with E-state index in [0.29, 0.717) is 5.56 Å². The lowest BCUT2D eigenvalue weighted by Gasteiger charge is -2.39. The predicted octanol–water partition coefficient (Wildman–Crippen LogP) is 3.67. The quantitative estimate of drug-likeness (QED) is 0.825. The molecule has 0 aromatic heterocycles. The molecule has 1 fully saturated rings. The van der Waals surface area contributed by atoms with Gasteiger partial charge < -0.3 is 15.2 Å². The lowest BCUT2D eigenvalue weighted by atomic mass is 9.88. The van der Waals surface area contributed by atoms with Crippen LogP contribution in [0.15, 0.2) is 18.2 Å². The number of alkyl halides is 3. The zero-order chi connectivity index (χ0) is 17.7. The van der Waals surface area contributed by atoms with E-state index in [-0.39, 0.29) is 23.5 Å². The van der Waals surface area contributed by atoms with Gasteiger partial charge in [0.1, 0.15) is 11.5 Å². The molecule has 2 rings (SSSR count). The van der Waals surface area contributed by atoms with Crippen LogP contribution in [0.1, 0.15) is 38.3 Å². The largest absolute Gasteiger partial charge is 0.573 e. The molecule has 136 valence electrons. The number of aromatic hydroxyl groups is 1. The number of piperazine rings is 1. The molecule has 1 saturated heterocycles. The van der Waals surface area contributed by atoms with E-state index in [0.717, 1.165) is 45.1 Å². The minimum absolute atomic E-state index is 0.0102. The summed E-state index contributed by atoms with van der Waals surface area (Å²) in [6.45, 7) is 7.40. The highest BCUT2D eigenvalue weighted by molar-refractivity contribution is 5.41. The van der Waals surface area contributed by atoms with E-state index in [9.17, 15) is 18.3 Å². The molecule has 1 aromatic rings. The van der Waals surface area contributed by atoms with Gasteiger partial charge in [-0.2, -0.15) is 0 Å². The Hall–Kier alpha value is -1.47. The molecule has 24 heavy (non-hydrogen) atoms. The normalized spacial score (nSPS) is 19.0. The van der Waals surface area contributed by atoms with Crippen LogP contribution >= 0.6 is 0 Å². The molecule has 0 spiro atoms. The molecule has 1 aliphatic rings. The smallest absolute Gasteiger partial charge is 0.508 e. The lowest BCUT2D eigenvalue weighted by molar-refractivity contribution is -0.274. The standard InChI is InChI=1S/C17H25F3N2O2/c1-3-4-12(2)16(22-9-7-21-8-10-22)14-11-13(5-6-15(14)23)24-17(18,19)20/h5-6,11-12,16,21,23H,3-4,7-10H2,1-2H3/t12?,16-/m0/s1. The maximum absolute atomic E-state index is 12.5. The van der Waals surface area contributed by atoms with Crippen LogP contribution in [-0.2, 0) is 0 Å². The highest BCUT2D eigenvalue weighted by Crippen LogP contribution is 2.39. The zero-order valence-corrected chi connectivity index (χ0v) is 14.1. The van der Waals surface area contributed by atoms with Crippen LogP contribution in [0, 0.1) is 5.92 Å². The van der Waals surface area contributed by atoms with Gasteiger partial charge in [0, 0.05) is 37.8 Å². The first-order chi connectivity index (χ1) is 11.3. The molecular weight excluding hydrogens is 321 g/mol. The number of nitrogens with one attached hydrogen (secondary N) is 1. The minimum atomic E-state index is -4.74. The Labute approximate surface area is 140 Å². The fourth-order valence-corrected chi connectivity index (χ4v) is 3.40. The third-order valence-corrected chi connectivity index (χ3v) is 4.38. The average Bonchev–Trinajstić information content (AvgIpc) is 2.50. The Morgan fingerprint density at radius 3 is 2.54 bits per heavy atom. The van der Waals surface area contributed by atoms with Crippen molar-refractivity contribution in [2.24, 2.45) is 5.92 Å². The van der Waals surface area contributed by atoms with Gasteiger partial charge in [-0.05, 0) is 30.5 Å². The molecule has 1 aliphatic heterocycles. The van der Waals surface area contributed by atoms with Crippen LogP contribution < -0.4 is 10.1 Å². The molecule has 7 heteroatoms. The molecule has 1 unspecified atom stereocenters. The number of hydrogen-bond donors (Lipinski definition) is 2. The van der Waals surface area contributed by atoms with Crippen molar-refractivity contribution >= 4 is 0 Å². The molecular formula is C17H25F3N2O2. The summed E-state index contributed by atoms with van der Waals surface area (Å²) < 4.78 is 41.5.